The van der Waals surface area contributed by atoms with E-state index in [1.807, 2.05) is 0 Å². The van der Waals surface area contributed by atoms with Gasteiger partial charge in [-0.05, 0) is 18.6 Å². The zero-order valence-corrected chi connectivity index (χ0v) is 7.76. The Morgan fingerprint density at radius 2 is 2.23 bits per heavy atom. The maximum absolute atomic E-state index is 13.2. The minimum atomic E-state index is -0.543. The van der Waals surface area contributed by atoms with E-state index < -0.39 is 11.9 Å². The van der Waals surface area contributed by atoms with E-state index in [1.165, 1.54) is 12.1 Å². The number of halogens is 2. The van der Waals surface area contributed by atoms with Gasteiger partial charge in [0.25, 0.3) is 0 Å². The van der Waals surface area contributed by atoms with Crippen LogP contribution in [0.15, 0.2) is 18.2 Å². The molecule has 0 saturated carbocycles. The Morgan fingerprint density at radius 1 is 1.54 bits per heavy atom. The van der Waals surface area contributed by atoms with E-state index in [0.29, 0.717) is 11.4 Å². The van der Waals surface area contributed by atoms with Gasteiger partial charge >= 0.3 is 0 Å². The summed E-state index contributed by atoms with van der Waals surface area (Å²) in [5.41, 5.74) is 5.90. The molecule has 0 aliphatic rings. The summed E-state index contributed by atoms with van der Waals surface area (Å²) in [4.78, 5) is 0. The third kappa shape index (κ3) is 2.40. The molecule has 0 aromatic heterocycles. The van der Waals surface area contributed by atoms with Gasteiger partial charge in [0.1, 0.15) is 5.82 Å². The number of hydrogen-bond donors (Lipinski definition) is 2. The number of benzene rings is 1. The highest BCUT2D eigenvalue weighted by Crippen LogP contribution is 2.25. The van der Waals surface area contributed by atoms with Crippen LogP contribution in [0.5, 0.6) is 0 Å². The van der Waals surface area contributed by atoms with Gasteiger partial charge in [-0.1, -0.05) is 17.7 Å². The Morgan fingerprint density at radius 3 is 2.77 bits per heavy atom. The van der Waals surface area contributed by atoms with E-state index in [2.05, 4.69) is 0 Å². The Kier molecular flexibility index (Phi) is 3.66. The summed E-state index contributed by atoms with van der Waals surface area (Å²) in [7, 11) is 0. The van der Waals surface area contributed by atoms with Crippen molar-refractivity contribution in [2.45, 2.75) is 12.5 Å². The van der Waals surface area contributed by atoms with Crippen molar-refractivity contribution in [3.8, 4) is 0 Å². The van der Waals surface area contributed by atoms with Crippen molar-refractivity contribution < 1.29 is 9.50 Å². The lowest BCUT2D eigenvalue weighted by Gasteiger charge is -2.12. The van der Waals surface area contributed by atoms with Crippen molar-refractivity contribution in [3.05, 3.63) is 34.6 Å². The van der Waals surface area contributed by atoms with Gasteiger partial charge in [0.15, 0.2) is 0 Å². The van der Waals surface area contributed by atoms with Crippen LogP contribution in [-0.2, 0) is 0 Å². The lowest BCUT2D eigenvalue weighted by molar-refractivity contribution is 0.275. The standard InChI is InChI=1S/C9H11ClFNO/c10-6-2-1-3-7(11)9(6)8(12)4-5-13/h1-3,8,13H,4-5,12H2/t8-/m0/s1. The van der Waals surface area contributed by atoms with Crippen LogP contribution in [0.25, 0.3) is 0 Å². The average molecular weight is 204 g/mol. The van der Waals surface area contributed by atoms with Crippen LogP contribution in [0.1, 0.15) is 18.0 Å². The third-order valence-corrected chi connectivity index (χ3v) is 2.14. The fraction of sp³-hybridized carbons (Fsp3) is 0.333. The van der Waals surface area contributed by atoms with E-state index >= 15 is 0 Å². The highest BCUT2D eigenvalue weighted by molar-refractivity contribution is 6.31. The van der Waals surface area contributed by atoms with E-state index in [1.54, 1.807) is 6.07 Å². The first-order valence-electron chi connectivity index (χ1n) is 3.97. The van der Waals surface area contributed by atoms with Gasteiger partial charge in [0.2, 0.25) is 0 Å². The summed E-state index contributed by atoms with van der Waals surface area (Å²) < 4.78 is 13.2. The minimum absolute atomic E-state index is 0.0775. The maximum atomic E-state index is 13.2. The summed E-state index contributed by atoms with van der Waals surface area (Å²) in [6.07, 6.45) is 0.306. The Balaban J connectivity index is 2.98. The van der Waals surface area contributed by atoms with Crippen LogP contribution in [0.4, 0.5) is 4.39 Å². The largest absolute Gasteiger partial charge is 0.396 e. The smallest absolute Gasteiger partial charge is 0.129 e. The molecule has 0 amide bonds. The second-order valence-electron chi connectivity index (χ2n) is 2.75. The average Bonchev–Trinajstić information content (AvgIpc) is 2.04. The Hall–Kier alpha value is -0.640. The zero-order chi connectivity index (χ0) is 9.84. The molecule has 0 bridgehead atoms. The van der Waals surface area contributed by atoms with Gasteiger partial charge in [0.05, 0.1) is 0 Å². The molecule has 0 heterocycles. The van der Waals surface area contributed by atoms with Gasteiger partial charge < -0.3 is 10.8 Å². The number of aliphatic hydroxyl groups excluding tert-OH is 1. The first-order valence-corrected chi connectivity index (χ1v) is 4.35. The molecule has 0 spiro atoms. The van der Waals surface area contributed by atoms with Crippen LogP contribution in [-0.4, -0.2) is 11.7 Å². The van der Waals surface area contributed by atoms with Gasteiger partial charge in [-0.25, -0.2) is 4.39 Å². The molecule has 0 unspecified atom stereocenters. The molecule has 0 aliphatic carbocycles. The number of aliphatic hydroxyl groups is 1. The molecule has 0 fully saturated rings. The first kappa shape index (κ1) is 10.4. The molecule has 1 aromatic carbocycles. The molecule has 13 heavy (non-hydrogen) atoms. The van der Waals surface area contributed by atoms with Crippen LogP contribution in [0.3, 0.4) is 0 Å². The number of rotatable bonds is 3. The van der Waals surface area contributed by atoms with E-state index in [-0.39, 0.29) is 12.2 Å². The normalized spacial score (nSPS) is 12.9. The summed E-state index contributed by atoms with van der Waals surface area (Å²) >= 11 is 5.76. The summed E-state index contributed by atoms with van der Waals surface area (Å²) in [6.45, 7) is -0.0775. The fourth-order valence-corrected chi connectivity index (χ4v) is 1.45. The second-order valence-corrected chi connectivity index (χ2v) is 3.16. The molecular weight excluding hydrogens is 193 g/mol. The lowest BCUT2D eigenvalue weighted by atomic mass is 10.0. The molecule has 1 aromatic rings. The SMILES string of the molecule is N[C@@H](CCO)c1c(F)cccc1Cl. The van der Waals surface area contributed by atoms with E-state index in [4.69, 9.17) is 22.4 Å². The molecule has 72 valence electrons. The summed E-state index contributed by atoms with van der Waals surface area (Å²) in [5.74, 6) is -0.423. The molecule has 3 N–H and O–H groups in total. The molecule has 1 rings (SSSR count). The monoisotopic (exact) mass is 203 g/mol. The molecule has 0 saturated heterocycles. The highest BCUT2D eigenvalue weighted by atomic mass is 35.5. The van der Waals surface area contributed by atoms with Crippen LogP contribution in [0, 0.1) is 5.82 Å². The van der Waals surface area contributed by atoms with Gasteiger partial charge in [0, 0.05) is 23.2 Å². The molecule has 1 atom stereocenters. The highest BCUT2D eigenvalue weighted by Gasteiger charge is 2.13. The molecular formula is C9H11ClFNO. The predicted molar refractivity (Wildman–Crippen MR) is 50.0 cm³/mol. The van der Waals surface area contributed by atoms with E-state index in [9.17, 15) is 4.39 Å². The third-order valence-electron chi connectivity index (χ3n) is 1.81. The van der Waals surface area contributed by atoms with Gasteiger partial charge in [-0.2, -0.15) is 0 Å². The fourth-order valence-electron chi connectivity index (χ4n) is 1.15. The van der Waals surface area contributed by atoms with Crippen molar-refractivity contribution in [1.82, 2.24) is 0 Å². The van der Waals surface area contributed by atoms with Crippen molar-refractivity contribution in [3.63, 3.8) is 0 Å². The van der Waals surface area contributed by atoms with Crippen LogP contribution >= 0.6 is 11.6 Å². The quantitative estimate of drug-likeness (QED) is 0.788. The zero-order valence-electron chi connectivity index (χ0n) is 7.00. The van der Waals surface area contributed by atoms with Gasteiger partial charge in [-0.3, -0.25) is 0 Å². The Labute approximate surface area is 81.1 Å². The topological polar surface area (TPSA) is 46.2 Å². The number of nitrogens with two attached hydrogens (primary N) is 1. The van der Waals surface area contributed by atoms with E-state index in [0.717, 1.165) is 0 Å². The van der Waals surface area contributed by atoms with Crippen LogP contribution in [0.2, 0.25) is 5.02 Å². The second kappa shape index (κ2) is 4.56. The van der Waals surface area contributed by atoms with Crippen molar-refractivity contribution in [2.75, 3.05) is 6.61 Å². The number of hydrogen-bond acceptors (Lipinski definition) is 2. The lowest BCUT2D eigenvalue weighted by Crippen LogP contribution is -2.14. The Bertz CT molecular complexity index is 273. The molecule has 4 heteroatoms. The predicted octanol–water partition coefficient (Wildman–Crippen LogP) is 1.86. The maximum Gasteiger partial charge on any atom is 0.129 e. The summed E-state index contributed by atoms with van der Waals surface area (Å²) in [6, 6.07) is 3.86. The summed E-state index contributed by atoms with van der Waals surface area (Å²) in [5, 5.41) is 8.94. The van der Waals surface area contributed by atoms with Crippen molar-refractivity contribution in [2.24, 2.45) is 5.73 Å². The van der Waals surface area contributed by atoms with Crippen LogP contribution < -0.4 is 5.73 Å². The molecule has 2 nitrogen and oxygen atoms in total. The minimum Gasteiger partial charge on any atom is -0.396 e. The van der Waals surface area contributed by atoms with Crippen molar-refractivity contribution in [1.29, 1.82) is 0 Å². The van der Waals surface area contributed by atoms with Gasteiger partial charge in [-0.15, -0.1) is 0 Å². The molecule has 0 radical (unpaired) electrons. The first-order chi connectivity index (χ1) is 6.16. The molecule has 0 aliphatic heterocycles. The van der Waals surface area contributed by atoms with Crippen molar-refractivity contribution >= 4 is 11.6 Å².